The van der Waals surface area contributed by atoms with Gasteiger partial charge in [-0.3, -0.25) is 4.90 Å². The zero-order valence-corrected chi connectivity index (χ0v) is 16.4. The van der Waals surface area contributed by atoms with E-state index in [1.807, 2.05) is 12.4 Å². The molecule has 27 heavy (non-hydrogen) atoms. The molecule has 0 radical (unpaired) electrons. The first-order valence-corrected chi connectivity index (χ1v) is 10.2. The second kappa shape index (κ2) is 7.95. The van der Waals surface area contributed by atoms with E-state index in [4.69, 9.17) is 4.74 Å². The Bertz CT molecular complexity index is 753. The van der Waals surface area contributed by atoms with Crippen LogP contribution in [0.25, 0.3) is 0 Å². The van der Waals surface area contributed by atoms with E-state index in [0.717, 1.165) is 50.5 Å². The fourth-order valence-corrected chi connectivity index (χ4v) is 4.41. The lowest BCUT2D eigenvalue weighted by Gasteiger charge is -2.41. The van der Waals surface area contributed by atoms with E-state index in [2.05, 4.69) is 58.4 Å². The van der Waals surface area contributed by atoms with Gasteiger partial charge in [-0.2, -0.15) is 0 Å². The van der Waals surface area contributed by atoms with Crippen molar-refractivity contribution in [2.45, 2.75) is 63.8 Å². The van der Waals surface area contributed by atoms with Crippen molar-refractivity contribution in [3.63, 3.8) is 0 Å². The fraction of sp³-hybridized carbons (Fsp3) is 0.545. The summed E-state index contributed by atoms with van der Waals surface area (Å²) in [5, 5.41) is 3.44. The van der Waals surface area contributed by atoms with Crippen molar-refractivity contribution in [1.29, 1.82) is 0 Å². The second-order valence-corrected chi connectivity index (χ2v) is 7.96. The van der Waals surface area contributed by atoms with Crippen LogP contribution < -0.4 is 10.1 Å². The normalized spacial score (nSPS) is 25.6. The summed E-state index contributed by atoms with van der Waals surface area (Å²) in [6, 6.07) is 9.12. The number of para-hydroxylation sites is 1. The van der Waals surface area contributed by atoms with Crippen LogP contribution in [0, 0.1) is 0 Å². The Morgan fingerprint density at radius 3 is 2.63 bits per heavy atom. The van der Waals surface area contributed by atoms with Crippen LogP contribution in [-0.4, -0.2) is 40.1 Å². The van der Waals surface area contributed by atoms with Gasteiger partial charge in [-0.15, -0.1) is 0 Å². The van der Waals surface area contributed by atoms with Crippen LogP contribution in [0.1, 0.15) is 49.6 Å². The smallest absolute Gasteiger partial charge is 0.127 e. The number of nitrogens with zero attached hydrogens (tertiary/aromatic N) is 3. The van der Waals surface area contributed by atoms with Gasteiger partial charge in [0.1, 0.15) is 17.2 Å². The van der Waals surface area contributed by atoms with Gasteiger partial charge in [0.15, 0.2) is 0 Å². The van der Waals surface area contributed by atoms with E-state index in [-0.39, 0.29) is 5.60 Å². The lowest BCUT2D eigenvalue weighted by molar-refractivity contribution is -0.00325. The van der Waals surface area contributed by atoms with Crippen molar-refractivity contribution >= 4 is 0 Å². The first-order valence-electron chi connectivity index (χ1n) is 10.2. The minimum absolute atomic E-state index is 0.0931. The third-order valence-electron chi connectivity index (χ3n) is 5.99. The van der Waals surface area contributed by atoms with Crippen molar-refractivity contribution in [2.75, 3.05) is 13.6 Å². The Hall–Kier alpha value is -1.98. The maximum absolute atomic E-state index is 6.68. The molecule has 0 amide bonds. The van der Waals surface area contributed by atoms with Crippen molar-refractivity contribution < 1.29 is 4.74 Å². The molecule has 1 N–H and O–H groups in total. The SMILES string of the molecule is CCc1ncc(CN2Cc3ccccc3OC3(CCC(NC)CC3)C2)cn1. The van der Waals surface area contributed by atoms with Crippen LogP contribution in [0.5, 0.6) is 5.75 Å². The second-order valence-electron chi connectivity index (χ2n) is 7.96. The quantitative estimate of drug-likeness (QED) is 0.899. The molecule has 1 spiro atoms. The molecule has 144 valence electrons. The highest BCUT2D eigenvalue weighted by Gasteiger charge is 2.40. The van der Waals surface area contributed by atoms with Crippen LogP contribution in [0.4, 0.5) is 0 Å². The maximum atomic E-state index is 6.68. The number of fused-ring (bicyclic) bond motifs is 1. The van der Waals surface area contributed by atoms with Crippen LogP contribution in [0.2, 0.25) is 0 Å². The highest BCUT2D eigenvalue weighted by molar-refractivity contribution is 5.35. The van der Waals surface area contributed by atoms with E-state index in [1.165, 1.54) is 24.0 Å². The van der Waals surface area contributed by atoms with Crippen molar-refractivity contribution in [3.8, 4) is 5.75 Å². The maximum Gasteiger partial charge on any atom is 0.127 e. The van der Waals surface area contributed by atoms with Crippen molar-refractivity contribution in [1.82, 2.24) is 20.2 Å². The number of aromatic nitrogens is 2. The number of nitrogens with one attached hydrogen (secondary N) is 1. The van der Waals surface area contributed by atoms with Gasteiger partial charge in [-0.1, -0.05) is 25.1 Å². The number of aryl methyl sites for hydroxylation is 1. The first-order chi connectivity index (χ1) is 13.2. The number of ether oxygens (including phenoxy) is 1. The minimum atomic E-state index is -0.0931. The molecule has 0 atom stereocenters. The lowest BCUT2D eigenvalue weighted by Crippen LogP contribution is -2.50. The topological polar surface area (TPSA) is 50.3 Å². The molecule has 1 aliphatic carbocycles. The zero-order valence-electron chi connectivity index (χ0n) is 16.4. The van der Waals surface area contributed by atoms with Crippen molar-refractivity contribution in [3.05, 3.63) is 53.6 Å². The molecule has 1 fully saturated rings. The number of rotatable bonds is 4. The first kappa shape index (κ1) is 18.4. The predicted molar refractivity (Wildman–Crippen MR) is 107 cm³/mol. The molecule has 0 unspecified atom stereocenters. The van der Waals surface area contributed by atoms with Gasteiger partial charge in [0.05, 0.1) is 0 Å². The zero-order chi connectivity index (χ0) is 18.7. The van der Waals surface area contributed by atoms with Crippen LogP contribution in [-0.2, 0) is 19.5 Å². The molecule has 2 aromatic rings. The standard InChI is InChI=1S/C22H30N4O/c1-3-21-24-12-17(13-25-21)14-26-15-18-6-4-5-7-20(18)27-22(16-26)10-8-19(23-2)9-11-22/h4-7,12-13,19,23H,3,8-11,14-16H2,1-2H3. The Morgan fingerprint density at radius 2 is 1.93 bits per heavy atom. The van der Waals surface area contributed by atoms with Crippen molar-refractivity contribution in [2.24, 2.45) is 0 Å². The Labute approximate surface area is 162 Å². The van der Waals surface area contributed by atoms with Gasteiger partial charge in [-0.25, -0.2) is 9.97 Å². The van der Waals surface area contributed by atoms with Gasteiger partial charge < -0.3 is 10.1 Å². The highest BCUT2D eigenvalue weighted by Crippen LogP contribution is 2.38. The highest BCUT2D eigenvalue weighted by atomic mass is 16.5. The summed E-state index contributed by atoms with van der Waals surface area (Å²) < 4.78 is 6.68. The Kier molecular flexibility index (Phi) is 5.41. The summed E-state index contributed by atoms with van der Waals surface area (Å²) in [4.78, 5) is 11.5. The lowest BCUT2D eigenvalue weighted by atomic mass is 9.81. The molecule has 1 aliphatic heterocycles. The molecule has 1 aromatic heterocycles. The monoisotopic (exact) mass is 366 g/mol. The van der Waals surface area contributed by atoms with Crippen LogP contribution in [0.15, 0.2) is 36.7 Å². The summed E-state index contributed by atoms with van der Waals surface area (Å²) in [7, 11) is 2.07. The summed E-state index contributed by atoms with van der Waals surface area (Å²) in [5.74, 6) is 1.96. The van der Waals surface area contributed by atoms with E-state index >= 15 is 0 Å². The van der Waals surface area contributed by atoms with Gasteiger partial charge in [0.25, 0.3) is 0 Å². The summed E-state index contributed by atoms with van der Waals surface area (Å²) >= 11 is 0. The largest absolute Gasteiger partial charge is 0.486 e. The average Bonchev–Trinajstić information content (AvgIpc) is 2.85. The molecular weight excluding hydrogens is 336 g/mol. The van der Waals surface area contributed by atoms with Crippen LogP contribution in [0.3, 0.4) is 0 Å². The molecular formula is C22H30N4O. The minimum Gasteiger partial charge on any atom is -0.486 e. The van der Waals surface area contributed by atoms with Gasteiger partial charge in [0, 0.05) is 55.6 Å². The predicted octanol–water partition coefficient (Wildman–Crippen LogP) is 3.33. The summed E-state index contributed by atoms with van der Waals surface area (Å²) in [5.41, 5.74) is 2.35. The number of hydrogen-bond donors (Lipinski definition) is 1. The Balaban J connectivity index is 1.57. The van der Waals surface area contributed by atoms with Gasteiger partial charge in [-0.05, 0) is 38.8 Å². The number of hydrogen-bond acceptors (Lipinski definition) is 5. The molecule has 5 heteroatoms. The molecule has 0 bridgehead atoms. The molecule has 2 aliphatic rings. The molecule has 5 nitrogen and oxygen atoms in total. The summed E-state index contributed by atoms with van der Waals surface area (Å²) in [6.07, 6.45) is 9.36. The molecule has 2 heterocycles. The molecule has 4 rings (SSSR count). The molecule has 1 aromatic carbocycles. The van der Waals surface area contributed by atoms with E-state index < -0.39 is 0 Å². The van der Waals surface area contributed by atoms with E-state index in [1.54, 1.807) is 0 Å². The van der Waals surface area contributed by atoms with Gasteiger partial charge in [0.2, 0.25) is 0 Å². The number of benzene rings is 1. The third-order valence-corrected chi connectivity index (χ3v) is 5.99. The molecule has 1 saturated carbocycles. The van der Waals surface area contributed by atoms with Crippen LogP contribution >= 0.6 is 0 Å². The van der Waals surface area contributed by atoms with Gasteiger partial charge >= 0.3 is 0 Å². The summed E-state index contributed by atoms with van der Waals surface area (Å²) in [6.45, 7) is 4.80. The average molecular weight is 367 g/mol. The third kappa shape index (κ3) is 4.14. The fourth-order valence-electron chi connectivity index (χ4n) is 4.41. The van der Waals surface area contributed by atoms with E-state index in [9.17, 15) is 0 Å². The van der Waals surface area contributed by atoms with E-state index in [0.29, 0.717) is 6.04 Å². The molecule has 0 saturated heterocycles. The Morgan fingerprint density at radius 1 is 1.19 bits per heavy atom.